The maximum absolute atomic E-state index is 12.1. The first-order chi connectivity index (χ1) is 10.7. The van der Waals surface area contributed by atoms with Gasteiger partial charge in [-0.1, -0.05) is 55.5 Å². The first kappa shape index (κ1) is 16.6. The third-order valence-corrected chi connectivity index (χ3v) is 4.50. The van der Waals surface area contributed by atoms with E-state index in [1.165, 1.54) is 0 Å². The van der Waals surface area contributed by atoms with Gasteiger partial charge in [0.25, 0.3) is 0 Å². The van der Waals surface area contributed by atoms with Gasteiger partial charge < -0.3 is 10.4 Å². The molecule has 0 bridgehead atoms. The Morgan fingerprint density at radius 3 is 2.55 bits per heavy atom. The Bertz CT molecular complexity index is 601. The molecule has 116 valence electrons. The molecule has 3 nitrogen and oxygen atoms in total. The molecule has 0 fully saturated rings. The number of benzene rings is 2. The molecule has 0 heterocycles. The van der Waals surface area contributed by atoms with Crippen LogP contribution in [-0.4, -0.2) is 29.1 Å². The minimum absolute atomic E-state index is 0.0153. The zero-order chi connectivity index (χ0) is 15.8. The van der Waals surface area contributed by atoms with E-state index in [2.05, 4.69) is 5.32 Å². The molecule has 2 rings (SSSR count). The van der Waals surface area contributed by atoms with Crippen LogP contribution in [0, 0.1) is 5.92 Å². The highest BCUT2D eigenvalue weighted by atomic mass is 32.2. The fourth-order valence-corrected chi connectivity index (χ4v) is 2.94. The maximum atomic E-state index is 12.1. The predicted octanol–water partition coefficient (Wildman–Crippen LogP) is 3.65. The number of carbonyl (C=O) groups excluding carboxylic acids is 1. The predicted molar refractivity (Wildman–Crippen MR) is 94.1 cm³/mol. The second-order valence-corrected chi connectivity index (χ2v) is 6.29. The van der Waals surface area contributed by atoms with Crippen LogP contribution in [0.5, 0.6) is 0 Å². The summed E-state index contributed by atoms with van der Waals surface area (Å²) in [6.07, 6.45) is 0. The average Bonchev–Trinajstić information content (AvgIpc) is 2.56. The quantitative estimate of drug-likeness (QED) is 0.820. The second-order valence-electron chi connectivity index (χ2n) is 5.26. The Hall–Kier alpha value is -1.78. The van der Waals surface area contributed by atoms with Crippen molar-refractivity contribution < 1.29 is 9.90 Å². The molecule has 0 aromatic heterocycles. The van der Waals surface area contributed by atoms with Crippen LogP contribution in [0.2, 0.25) is 0 Å². The highest BCUT2D eigenvalue weighted by molar-refractivity contribution is 7.99. The molecule has 2 aromatic rings. The van der Waals surface area contributed by atoms with Crippen LogP contribution in [0.3, 0.4) is 0 Å². The van der Waals surface area contributed by atoms with E-state index in [0.29, 0.717) is 5.75 Å². The summed E-state index contributed by atoms with van der Waals surface area (Å²) in [5, 5.41) is 12.0. The fraction of sp³-hybridized carbons (Fsp3) is 0.278. The minimum Gasteiger partial charge on any atom is -0.396 e. The van der Waals surface area contributed by atoms with Crippen molar-refractivity contribution in [1.82, 2.24) is 0 Å². The number of hydrogen-bond acceptors (Lipinski definition) is 3. The van der Waals surface area contributed by atoms with E-state index in [0.717, 1.165) is 22.6 Å². The molecule has 0 saturated carbocycles. The Kier molecular flexibility index (Phi) is 6.49. The van der Waals surface area contributed by atoms with Crippen molar-refractivity contribution in [2.75, 3.05) is 23.4 Å². The summed E-state index contributed by atoms with van der Waals surface area (Å²) < 4.78 is 0. The van der Waals surface area contributed by atoms with Crippen molar-refractivity contribution in [3.8, 4) is 11.1 Å². The molecule has 0 aliphatic heterocycles. The van der Waals surface area contributed by atoms with Gasteiger partial charge in [0.1, 0.15) is 0 Å². The fourth-order valence-electron chi connectivity index (χ4n) is 2.05. The van der Waals surface area contributed by atoms with Gasteiger partial charge in [0.05, 0.1) is 5.75 Å². The Labute approximate surface area is 135 Å². The summed E-state index contributed by atoms with van der Waals surface area (Å²) in [5.74, 6) is 1.38. The molecule has 2 N–H and O–H groups in total. The summed E-state index contributed by atoms with van der Waals surface area (Å²) in [5.41, 5.74) is 2.93. The first-order valence-electron chi connectivity index (χ1n) is 7.33. The molecule has 0 spiro atoms. The van der Waals surface area contributed by atoms with Crippen molar-refractivity contribution in [2.24, 2.45) is 5.92 Å². The number of nitrogens with one attached hydrogen (secondary N) is 1. The molecule has 0 radical (unpaired) electrons. The summed E-state index contributed by atoms with van der Waals surface area (Å²) in [6.45, 7) is 2.13. The third-order valence-electron chi connectivity index (χ3n) is 3.23. The number of hydrogen-bond donors (Lipinski definition) is 2. The van der Waals surface area contributed by atoms with Gasteiger partial charge >= 0.3 is 0 Å². The van der Waals surface area contributed by atoms with Gasteiger partial charge in [0.15, 0.2) is 0 Å². The van der Waals surface area contributed by atoms with E-state index >= 15 is 0 Å². The van der Waals surface area contributed by atoms with Crippen LogP contribution in [0.25, 0.3) is 11.1 Å². The molecule has 1 amide bonds. The van der Waals surface area contributed by atoms with Crippen molar-refractivity contribution >= 4 is 23.4 Å². The molecule has 2 aromatic carbocycles. The van der Waals surface area contributed by atoms with E-state index in [9.17, 15) is 4.79 Å². The number of aliphatic hydroxyl groups is 1. The Morgan fingerprint density at radius 2 is 1.82 bits per heavy atom. The van der Waals surface area contributed by atoms with E-state index in [1.807, 2.05) is 61.5 Å². The summed E-state index contributed by atoms with van der Waals surface area (Å²) in [7, 11) is 0. The Balaban J connectivity index is 2.00. The third kappa shape index (κ3) is 4.90. The maximum Gasteiger partial charge on any atom is 0.234 e. The zero-order valence-electron chi connectivity index (χ0n) is 12.7. The van der Waals surface area contributed by atoms with Gasteiger partial charge in [0.2, 0.25) is 5.91 Å². The number of para-hydroxylation sites is 1. The normalized spacial score (nSPS) is 11.9. The molecule has 1 atom stereocenters. The van der Waals surface area contributed by atoms with Gasteiger partial charge in [0, 0.05) is 17.9 Å². The van der Waals surface area contributed by atoms with Crippen molar-refractivity contribution in [2.45, 2.75) is 6.92 Å². The lowest BCUT2D eigenvalue weighted by Gasteiger charge is -2.12. The van der Waals surface area contributed by atoms with E-state index in [1.54, 1.807) is 11.8 Å². The first-order valence-corrected chi connectivity index (χ1v) is 8.49. The molecule has 0 saturated heterocycles. The monoisotopic (exact) mass is 315 g/mol. The Morgan fingerprint density at radius 1 is 1.14 bits per heavy atom. The summed E-state index contributed by atoms with van der Waals surface area (Å²) in [4.78, 5) is 12.1. The van der Waals surface area contributed by atoms with E-state index in [-0.39, 0.29) is 18.4 Å². The summed E-state index contributed by atoms with van der Waals surface area (Å²) in [6, 6.07) is 17.8. The SMILES string of the molecule is CC(CO)CSCC(=O)Nc1ccccc1-c1ccccc1. The average molecular weight is 315 g/mol. The molecular weight excluding hydrogens is 294 g/mol. The topological polar surface area (TPSA) is 49.3 Å². The van der Waals surface area contributed by atoms with E-state index in [4.69, 9.17) is 5.11 Å². The van der Waals surface area contributed by atoms with Crippen LogP contribution < -0.4 is 5.32 Å². The number of aliphatic hydroxyl groups excluding tert-OH is 1. The van der Waals surface area contributed by atoms with Gasteiger partial charge in [-0.15, -0.1) is 0 Å². The van der Waals surface area contributed by atoms with Crippen LogP contribution in [0.15, 0.2) is 54.6 Å². The molecule has 1 unspecified atom stereocenters. The number of anilines is 1. The number of carbonyl (C=O) groups is 1. The van der Waals surface area contributed by atoms with Gasteiger partial charge in [-0.25, -0.2) is 0 Å². The highest BCUT2D eigenvalue weighted by Crippen LogP contribution is 2.27. The molecule has 0 aliphatic carbocycles. The van der Waals surface area contributed by atoms with Crippen molar-refractivity contribution in [1.29, 1.82) is 0 Å². The van der Waals surface area contributed by atoms with Gasteiger partial charge in [-0.3, -0.25) is 4.79 Å². The lowest BCUT2D eigenvalue weighted by molar-refractivity contribution is -0.113. The van der Waals surface area contributed by atoms with Gasteiger partial charge in [-0.05, 0) is 23.3 Å². The summed E-state index contributed by atoms with van der Waals surface area (Å²) >= 11 is 1.54. The van der Waals surface area contributed by atoms with Crippen LogP contribution >= 0.6 is 11.8 Å². The van der Waals surface area contributed by atoms with E-state index < -0.39 is 0 Å². The smallest absolute Gasteiger partial charge is 0.234 e. The molecule has 22 heavy (non-hydrogen) atoms. The zero-order valence-corrected chi connectivity index (χ0v) is 13.5. The largest absolute Gasteiger partial charge is 0.396 e. The van der Waals surface area contributed by atoms with Crippen molar-refractivity contribution in [3.63, 3.8) is 0 Å². The number of thioether (sulfide) groups is 1. The molecule has 4 heteroatoms. The van der Waals surface area contributed by atoms with Crippen LogP contribution in [0.1, 0.15) is 6.92 Å². The number of rotatable bonds is 7. The lowest BCUT2D eigenvalue weighted by Crippen LogP contribution is -2.16. The standard InChI is InChI=1S/C18H21NO2S/c1-14(11-20)12-22-13-18(21)19-17-10-6-5-9-16(17)15-7-3-2-4-8-15/h2-10,14,20H,11-13H2,1H3,(H,19,21). The van der Waals surface area contributed by atoms with Crippen molar-refractivity contribution in [3.05, 3.63) is 54.6 Å². The minimum atomic E-state index is -0.0153. The molecular formula is C18H21NO2S. The number of amides is 1. The van der Waals surface area contributed by atoms with Crippen LogP contribution in [0.4, 0.5) is 5.69 Å². The lowest BCUT2D eigenvalue weighted by atomic mass is 10.0. The highest BCUT2D eigenvalue weighted by Gasteiger charge is 2.09. The van der Waals surface area contributed by atoms with Gasteiger partial charge in [-0.2, -0.15) is 11.8 Å². The second kappa shape index (κ2) is 8.61. The molecule has 0 aliphatic rings. The van der Waals surface area contributed by atoms with Crippen LogP contribution in [-0.2, 0) is 4.79 Å².